The molecule has 0 unspecified atom stereocenters. The quantitative estimate of drug-likeness (QED) is 0.0913. The smallest absolute Gasteiger partial charge is 0.259 e. The molecular formula is C43H45N2O9PS. The summed E-state index contributed by atoms with van der Waals surface area (Å²) >= 11 is 0. The van der Waals surface area contributed by atoms with Gasteiger partial charge >= 0.3 is 0 Å². The Kier molecular flexibility index (Phi) is 11.4. The minimum absolute atomic E-state index is 0.0806. The number of aromatic amines is 1. The summed E-state index contributed by atoms with van der Waals surface area (Å²) in [7, 11) is -1.97. The van der Waals surface area contributed by atoms with Crippen LogP contribution in [0.3, 0.4) is 0 Å². The van der Waals surface area contributed by atoms with Gasteiger partial charge in [-0.1, -0.05) is 72.8 Å². The molecule has 13 heteroatoms. The van der Waals surface area contributed by atoms with E-state index in [9.17, 15) is 13.2 Å². The summed E-state index contributed by atoms with van der Waals surface area (Å²) in [5.74, 6) is 1.28. The van der Waals surface area contributed by atoms with Crippen molar-refractivity contribution in [3.63, 3.8) is 0 Å². The number of benzene rings is 4. The molecule has 56 heavy (non-hydrogen) atoms. The number of nitrogens with one attached hydrogen (secondary N) is 1. The number of aromatic nitrogens is 1. The highest BCUT2D eigenvalue weighted by Crippen LogP contribution is 2.58. The van der Waals surface area contributed by atoms with Gasteiger partial charge in [-0.05, 0) is 78.1 Å². The summed E-state index contributed by atoms with van der Waals surface area (Å²) in [5.41, 5.74) is 1.78. The van der Waals surface area contributed by atoms with Gasteiger partial charge in [-0.3, -0.25) is 4.79 Å². The van der Waals surface area contributed by atoms with Gasteiger partial charge in [-0.25, -0.2) is 13.1 Å². The van der Waals surface area contributed by atoms with Gasteiger partial charge in [0.2, 0.25) is 0 Å². The van der Waals surface area contributed by atoms with Gasteiger partial charge in [-0.2, -0.15) is 0 Å². The minimum Gasteiger partial charge on any atom is -0.497 e. The molecule has 0 spiro atoms. The first kappa shape index (κ1) is 38.5. The number of fused-ring (bicyclic) bond motifs is 1. The van der Waals surface area contributed by atoms with E-state index < -0.39 is 48.4 Å². The van der Waals surface area contributed by atoms with E-state index in [0.29, 0.717) is 23.5 Å². The molecule has 1 aromatic heterocycles. The van der Waals surface area contributed by atoms with Crippen LogP contribution in [0.25, 0.3) is 0 Å². The fraction of sp³-hybridized carbons (Fsp3) is 0.326. The predicted molar refractivity (Wildman–Crippen MR) is 212 cm³/mol. The van der Waals surface area contributed by atoms with Crippen LogP contribution >= 0.6 is 8.53 Å². The van der Waals surface area contributed by atoms with Crippen LogP contribution in [0, 0.1) is 0 Å². The SMILES string of the molecule is COc1ccc(C(OC[C@H]2O[C@@H](c3ccc[nH]c3=O)C[C@@H]2O[P@]2O[C@H](CS(=O)(=O)c3ccccc3)[C@@H]3CCCN32)(c2ccccc2)c2ccc(OC)cc2)cc1. The van der Waals surface area contributed by atoms with Crippen LogP contribution in [0.2, 0.25) is 0 Å². The Balaban J connectivity index is 1.13. The molecular weight excluding hydrogens is 752 g/mol. The number of pyridine rings is 1. The molecule has 0 bridgehead atoms. The van der Waals surface area contributed by atoms with Crippen LogP contribution in [0.15, 0.2) is 137 Å². The summed E-state index contributed by atoms with van der Waals surface area (Å²) in [6.45, 7) is 0.818. The lowest BCUT2D eigenvalue weighted by molar-refractivity contribution is -0.0800. The second-order valence-electron chi connectivity index (χ2n) is 14.2. The van der Waals surface area contributed by atoms with Crippen molar-refractivity contribution < 1.29 is 36.4 Å². The van der Waals surface area contributed by atoms with E-state index in [2.05, 4.69) is 9.65 Å². The number of hydrogen-bond acceptors (Lipinski definition) is 10. The van der Waals surface area contributed by atoms with Crippen LogP contribution < -0.4 is 15.0 Å². The van der Waals surface area contributed by atoms with E-state index in [4.69, 9.17) is 28.0 Å². The first-order chi connectivity index (χ1) is 27.3. The van der Waals surface area contributed by atoms with Gasteiger partial charge in [0, 0.05) is 30.8 Å². The Hall–Kier alpha value is -4.39. The van der Waals surface area contributed by atoms with E-state index >= 15 is 0 Å². The number of H-pyrrole nitrogens is 1. The molecule has 0 radical (unpaired) electrons. The topological polar surface area (TPSA) is 126 Å². The van der Waals surface area contributed by atoms with Gasteiger partial charge in [0.25, 0.3) is 14.1 Å². The number of ether oxygens (including phenoxy) is 4. The molecule has 0 amide bonds. The molecule has 0 aliphatic carbocycles. The lowest BCUT2D eigenvalue weighted by atomic mass is 9.80. The van der Waals surface area contributed by atoms with E-state index in [1.165, 1.54) is 0 Å². The molecule has 3 saturated heterocycles. The van der Waals surface area contributed by atoms with Gasteiger partial charge < -0.3 is 33.0 Å². The van der Waals surface area contributed by atoms with Gasteiger partial charge in [0.05, 0.1) is 49.8 Å². The Morgan fingerprint density at radius 1 is 0.804 bits per heavy atom. The standard InChI is InChI=1S/C43H45N2O9PS/c1-49-33-21-17-31(18-22-33)43(30-11-5-3-6-12-30,32-19-23-34(50-2)24-20-32)51-28-40-39(27-38(52-40)36-15-9-25-44-42(36)46)53-55-45-26-10-16-37(45)41(54-55)29-56(47,48)35-13-7-4-8-14-35/h3-9,11-15,17-25,37-41H,10,16,26-29H2,1-2H3,(H,44,46)/t37-,38+,39-,40+,41+,55+/m0/s1. The largest absolute Gasteiger partial charge is 0.497 e. The molecule has 5 aromatic rings. The maximum atomic E-state index is 13.5. The number of rotatable bonds is 14. The van der Waals surface area contributed by atoms with Crippen molar-refractivity contribution in [1.82, 2.24) is 9.65 Å². The van der Waals surface area contributed by atoms with Crippen LogP contribution in [0.1, 0.15) is 47.6 Å². The summed E-state index contributed by atoms with van der Waals surface area (Å²) < 4.78 is 67.7. The second kappa shape index (κ2) is 16.6. The number of nitrogens with zero attached hydrogens (tertiary/aromatic N) is 1. The van der Waals surface area contributed by atoms with E-state index in [-0.39, 0.29) is 28.9 Å². The molecule has 3 fully saturated rings. The summed E-state index contributed by atoms with van der Waals surface area (Å²) in [6.07, 6.45) is 1.41. The average molecular weight is 797 g/mol. The third-order valence-corrected chi connectivity index (χ3v) is 14.5. The molecule has 0 saturated carbocycles. The Morgan fingerprint density at radius 2 is 1.43 bits per heavy atom. The van der Waals surface area contributed by atoms with Gasteiger partial charge in [0.1, 0.15) is 23.2 Å². The normalized spacial score (nSPS) is 23.9. The Labute approximate surface area is 328 Å². The van der Waals surface area contributed by atoms with Crippen molar-refractivity contribution in [3.8, 4) is 11.5 Å². The van der Waals surface area contributed by atoms with Crippen LogP contribution in [0.5, 0.6) is 11.5 Å². The molecule has 8 rings (SSSR count). The zero-order valence-corrected chi connectivity index (χ0v) is 32.9. The van der Waals surface area contributed by atoms with Crippen LogP contribution in [-0.4, -0.2) is 75.6 Å². The second-order valence-corrected chi connectivity index (χ2v) is 17.6. The molecule has 1 N–H and O–H groups in total. The van der Waals surface area contributed by atoms with Gasteiger partial charge in [0.15, 0.2) is 9.84 Å². The molecule has 292 valence electrons. The minimum atomic E-state index is -3.60. The van der Waals surface area contributed by atoms with Crippen LogP contribution in [0.4, 0.5) is 0 Å². The van der Waals surface area contributed by atoms with Crippen molar-refractivity contribution in [2.45, 2.75) is 60.2 Å². The highest BCUT2D eigenvalue weighted by molar-refractivity contribution is 7.91. The first-order valence-corrected chi connectivity index (χ1v) is 21.6. The maximum absolute atomic E-state index is 13.5. The average Bonchev–Trinajstić information content (AvgIpc) is 3.97. The zero-order chi connectivity index (χ0) is 38.7. The third kappa shape index (κ3) is 7.67. The fourth-order valence-corrected chi connectivity index (χ4v) is 11.6. The fourth-order valence-electron chi connectivity index (χ4n) is 8.03. The molecule has 3 aliphatic rings. The first-order valence-electron chi connectivity index (χ1n) is 18.8. The summed E-state index contributed by atoms with van der Waals surface area (Å²) in [5, 5.41) is 0. The third-order valence-electron chi connectivity index (χ3n) is 10.9. The van der Waals surface area contributed by atoms with E-state index in [0.717, 1.165) is 36.1 Å². The lowest BCUT2D eigenvalue weighted by Gasteiger charge is -2.37. The Morgan fingerprint density at radius 3 is 2.05 bits per heavy atom. The highest BCUT2D eigenvalue weighted by Gasteiger charge is 2.51. The molecule has 6 atom stereocenters. The van der Waals surface area contributed by atoms with Crippen molar-refractivity contribution >= 4 is 18.4 Å². The summed E-state index contributed by atoms with van der Waals surface area (Å²) in [4.78, 5) is 16.1. The summed E-state index contributed by atoms with van der Waals surface area (Å²) in [6, 6.07) is 37.6. The number of methoxy groups -OCH3 is 2. The highest BCUT2D eigenvalue weighted by atomic mass is 32.2. The van der Waals surface area contributed by atoms with Crippen LogP contribution in [-0.2, 0) is 34.0 Å². The lowest BCUT2D eigenvalue weighted by Crippen LogP contribution is -2.38. The molecule has 11 nitrogen and oxygen atoms in total. The predicted octanol–water partition coefficient (Wildman–Crippen LogP) is 7.18. The number of hydrogen-bond donors (Lipinski definition) is 1. The number of sulfone groups is 1. The van der Waals surface area contributed by atoms with E-state index in [1.54, 1.807) is 62.9 Å². The maximum Gasteiger partial charge on any atom is 0.259 e. The molecule has 4 aromatic carbocycles. The van der Waals surface area contributed by atoms with Crippen molar-refractivity contribution in [1.29, 1.82) is 0 Å². The van der Waals surface area contributed by atoms with Crippen molar-refractivity contribution in [2.24, 2.45) is 0 Å². The Bertz CT molecular complexity index is 2190. The van der Waals surface area contributed by atoms with Crippen molar-refractivity contribution in [2.75, 3.05) is 33.1 Å². The zero-order valence-electron chi connectivity index (χ0n) is 31.2. The monoisotopic (exact) mass is 796 g/mol. The van der Waals surface area contributed by atoms with E-state index in [1.807, 2.05) is 78.9 Å². The molecule has 4 heterocycles. The molecule has 3 aliphatic heterocycles. The van der Waals surface area contributed by atoms with Crippen molar-refractivity contribution in [3.05, 3.63) is 160 Å². The van der Waals surface area contributed by atoms with Gasteiger partial charge in [-0.15, -0.1) is 0 Å².